The fourth-order valence-electron chi connectivity index (χ4n) is 7.90. The van der Waals surface area contributed by atoms with E-state index in [9.17, 15) is 53.6 Å². The molecule has 1 saturated heterocycles. The lowest BCUT2D eigenvalue weighted by Gasteiger charge is -2.32. The maximum Gasteiger partial charge on any atom is 0.326 e. The number of aromatic nitrogens is 2. The van der Waals surface area contributed by atoms with Crippen molar-refractivity contribution in [2.75, 3.05) is 26.7 Å². The molecule has 2 aromatic rings. The Labute approximate surface area is 412 Å². The number of non-ortho nitro benzene ring substituents is 1. The first kappa shape index (κ1) is 58.1. The van der Waals surface area contributed by atoms with Gasteiger partial charge in [-0.2, -0.15) is 0 Å². The van der Waals surface area contributed by atoms with Gasteiger partial charge in [0, 0.05) is 50.0 Å². The minimum Gasteiger partial charge on any atom is -0.480 e. The summed E-state index contributed by atoms with van der Waals surface area (Å²) in [5.41, 5.74) is 11.5. The zero-order valence-corrected chi connectivity index (χ0v) is 41.5. The van der Waals surface area contributed by atoms with Crippen LogP contribution in [0, 0.1) is 27.9 Å². The van der Waals surface area contributed by atoms with Gasteiger partial charge in [-0.25, -0.2) is 9.78 Å². The van der Waals surface area contributed by atoms with Crippen molar-refractivity contribution in [1.82, 2.24) is 52.1 Å². The third-order valence-corrected chi connectivity index (χ3v) is 12.4. The summed E-state index contributed by atoms with van der Waals surface area (Å²) in [4.78, 5) is 133. The number of amides is 7. The van der Waals surface area contributed by atoms with E-state index < -0.39 is 112 Å². The molecule has 9 atom stereocenters. The van der Waals surface area contributed by atoms with Crippen LogP contribution < -0.4 is 48.7 Å². The predicted molar refractivity (Wildman–Crippen MR) is 261 cm³/mol. The van der Waals surface area contributed by atoms with E-state index in [0.29, 0.717) is 30.5 Å². The molecule has 0 saturated carbocycles. The highest BCUT2D eigenvalue weighted by atomic mass is 16.6. The van der Waals surface area contributed by atoms with E-state index in [1.807, 2.05) is 0 Å². The van der Waals surface area contributed by atoms with E-state index in [2.05, 4.69) is 52.2 Å². The van der Waals surface area contributed by atoms with Crippen molar-refractivity contribution in [3.63, 3.8) is 0 Å². The van der Waals surface area contributed by atoms with Crippen molar-refractivity contribution in [2.24, 2.45) is 34.2 Å². The normalized spacial score (nSPS) is 16.7. The van der Waals surface area contributed by atoms with Gasteiger partial charge in [0.15, 0.2) is 5.96 Å². The van der Waals surface area contributed by atoms with Crippen LogP contribution in [0.2, 0.25) is 0 Å². The Morgan fingerprint density at radius 3 is 2.00 bits per heavy atom. The highest BCUT2D eigenvalue weighted by molar-refractivity contribution is 5.98. The molecule has 25 heteroatoms. The third-order valence-electron chi connectivity index (χ3n) is 12.4. The molecule has 0 bridgehead atoms. The first-order chi connectivity index (χ1) is 33.6. The lowest BCUT2D eigenvalue weighted by molar-refractivity contribution is -0.384. The van der Waals surface area contributed by atoms with Crippen LogP contribution in [-0.4, -0.2) is 147 Å². The number of carbonyl (C=O) groups excluding carboxylic acids is 7. The number of carboxylic acid groups (broad SMARTS) is 1. The van der Waals surface area contributed by atoms with E-state index >= 15 is 0 Å². The predicted octanol–water partition coefficient (Wildman–Crippen LogP) is -0.891. The van der Waals surface area contributed by atoms with Crippen molar-refractivity contribution in [1.29, 1.82) is 0 Å². The van der Waals surface area contributed by atoms with Gasteiger partial charge in [-0.3, -0.25) is 48.7 Å². The zero-order chi connectivity index (χ0) is 52.9. The molecule has 1 aromatic carbocycles. The SMILES string of the molecule is CC[C@H](C)[C@H](NC(=O)[C@@H]1CCCN1C(=O)[C@H](Cc1cnc[nH]1)NC(=O)[C@@H](NC(=O)[C@H](Cc1ccc([N+](=O)[O-])cc1)NC(=O)[C@@H](NC(=O)[C@H](CCCN=C(N)N)NC(=O)CNC)C(C)C)[C@@H](C)CC)C(=O)O. The van der Waals surface area contributed by atoms with Crippen LogP contribution in [0.4, 0.5) is 5.69 Å². The van der Waals surface area contributed by atoms with Crippen LogP contribution in [0.5, 0.6) is 0 Å². The second kappa shape index (κ2) is 28.5. The molecule has 0 spiro atoms. The number of likely N-dealkylation sites (N-methyl/N-ethyl adjacent to an activating group) is 1. The number of H-pyrrole nitrogens is 1. The number of nitro benzene ring substituents is 1. The molecular weight excluding hydrogens is 925 g/mol. The molecule has 0 aliphatic carbocycles. The molecular formula is C46H72N14O11. The van der Waals surface area contributed by atoms with Gasteiger partial charge in [0.25, 0.3) is 5.69 Å². The van der Waals surface area contributed by atoms with Crippen molar-refractivity contribution >= 4 is 59.0 Å². The second-order valence-corrected chi connectivity index (χ2v) is 18.1. The summed E-state index contributed by atoms with van der Waals surface area (Å²) in [6.07, 6.45) is 4.42. The molecule has 1 fully saturated rings. The average Bonchev–Trinajstić information content (AvgIpc) is 4.04. The summed E-state index contributed by atoms with van der Waals surface area (Å²) in [7, 11) is 1.55. The number of aromatic amines is 1. The van der Waals surface area contributed by atoms with Crippen LogP contribution in [0.15, 0.2) is 41.8 Å². The van der Waals surface area contributed by atoms with Crippen LogP contribution in [0.1, 0.15) is 91.3 Å². The van der Waals surface area contributed by atoms with Gasteiger partial charge in [0.05, 0.1) is 17.8 Å². The Kier molecular flexibility index (Phi) is 23.3. The molecule has 3 rings (SSSR count). The Morgan fingerprint density at radius 2 is 1.44 bits per heavy atom. The number of carbonyl (C=O) groups is 8. The number of aliphatic imine (C=N–C) groups is 1. The Balaban J connectivity index is 1.96. The number of nitrogens with one attached hydrogen (secondary N) is 8. The summed E-state index contributed by atoms with van der Waals surface area (Å²) >= 11 is 0. The van der Waals surface area contributed by atoms with Gasteiger partial charge in [-0.05, 0) is 56.0 Å². The topological polar surface area (TPSA) is 380 Å². The molecule has 392 valence electrons. The standard InChI is InChI=1S/C46H72N14O11/c1-8-26(5)37(43(66)55-33(21-29-22-50-24-52-29)44(67)59-19-11-13-34(59)41(64)58-38(45(68)69)27(6)9-2)57-40(63)32(20-28-14-16-30(17-15-28)60(70)71)54-42(65)36(25(3)4)56-39(62)31(53-35(61)23-49-7)12-10-18-51-46(47)48/h14-17,22,24-27,31-34,36-38,49H,8-13,18-21,23H2,1-7H3,(H,50,52)(H,53,61)(H,54,65)(H,55,66)(H,56,62)(H,57,63)(H,58,64)(H,68,69)(H4,47,48,51)/t26-,27-,31-,32-,33-,34-,36-,37-,38-/m0/s1. The average molecular weight is 997 g/mol. The molecule has 1 aliphatic rings. The number of carboxylic acids is 1. The van der Waals surface area contributed by atoms with Gasteiger partial charge in [0.2, 0.25) is 41.4 Å². The van der Waals surface area contributed by atoms with E-state index in [0.717, 1.165) is 0 Å². The van der Waals surface area contributed by atoms with E-state index in [1.54, 1.807) is 48.6 Å². The van der Waals surface area contributed by atoms with Crippen LogP contribution >= 0.6 is 0 Å². The molecule has 25 nitrogen and oxygen atoms in total. The van der Waals surface area contributed by atoms with Crippen LogP contribution in [0.25, 0.3) is 0 Å². The Bertz CT molecular complexity index is 2170. The van der Waals surface area contributed by atoms with Crippen molar-refractivity contribution in [3.05, 3.63) is 58.2 Å². The number of guanidine groups is 1. The fourth-order valence-corrected chi connectivity index (χ4v) is 7.90. The van der Waals surface area contributed by atoms with Crippen molar-refractivity contribution in [3.8, 4) is 0 Å². The van der Waals surface area contributed by atoms with Crippen molar-refractivity contribution < 1.29 is 48.4 Å². The Hall–Kier alpha value is -7.18. The molecule has 0 unspecified atom stereocenters. The molecule has 7 amide bonds. The molecule has 1 aromatic heterocycles. The molecule has 1 aliphatic heterocycles. The molecule has 2 heterocycles. The molecule has 0 radical (unpaired) electrons. The summed E-state index contributed by atoms with van der Waals surface area (Å²) < 4.78 is 0. The minimum atomic E-state index is -1.44. The number of likely N-dealkylation sites (tertiary alicyclic amines) is 1. The van der Waals surface area contributed by atoms with Gasteiger partial charge in [-0.1, -0.05) is 66.5 Å². The van der Waals surface area contributed by atoms with Gasteiger partial charge in [0.1, 0.15) is 42.3 Å². The summed E-state index contributed by atoms with van der Waals surface area (Å²) in [5, 5.41) is 40.2. The number of benzene rings is 1. The highest BCUT2D eigenvalue weighted by Gasteiger charge is 2.41. The van der Waals surface area contributed by atoms with E-state index in [4.69, 9.17) is 11.5 Å². The maximum absolute atomic E-state index is 14.5. The number of nitrogens with two attached hydrogens (primary N) is 2. The maximum atomic E-state index is 14.5. The first-order valence-corrected chi connectivity index (χ1v) is 23.9. The number of nitro groups is 1. The number of hydrogen-bond acceptors (Lipinski definition) is 13. The number of hydrogen-bond donors (Lipinski definition) is 11. The quantitative estimate of drug-likeness (QED) is 0.0155. The summed E-state index contributed by atoms with van der Waals surface area (Å²) in [6, 6.07) is -3.35. The minimum absolute atomic E-state index is 0.0986. The van der Waals surface area contributed by atoms with E-state index in [1.165, 1.54) is 41.7 Å². The summed E-state index contributed by atoms with van der Waals surface area (Å²) in [5.74, 6) is -7.78. The van der Waals surface area contributed by atoms with Crippen molar-refractivity contribution in [2.45, 2.75) is 135 Å². The summed E-state index contributed by atoms with van der Waals surface area (Å²) in [6.45, 7) is 10.5. The number of aliphatic carboxylic acids is 1. The van der Waals surface area contributed by atoms with Crippen LogP contribution in [-0.2, 0) is 51.2 Å². The number of nitrogens with zero attached hydrogens (tertiary/aromatic N) is 4. The fraction of sp³-hybridized carbons (Fsp3) is 0.609. The third kappa shape index (κ3) is 17.9. The zero-order valence-electron chi connectivity index (χ0n) is 41.5. The van der Waals surface area contributed by atoms with Gasteiger partial charge >= 0.3 is 5.97 Å². The first-order valence-electron chi connectivity index (χ1n) is 23.9. The lowest BCUT2D eigenvalue weighted by Crippen LogP contribution is -2.62. The molecule has 71 heavy (non-hydrogen) atoms. The molecule has 13 N–H and O–H groups in total. The number of imidazole rings is 1. The van der Waals surface area contributed by atoms with E-state index in [-0.39, 0.29) is 63.4 Å². The van der Waals surface area contributed by atoms with Gasteiger partial charge in [-0.15, -0.1) is 0 Å². The second-order valence-electron chi connectivity index (χ2n) is 18.1. The van der Waals surface area contributed by atoms with Gasteiger partial charge < -0.3 is 63.7 Å². The largest absolute Gasteiger partial charge is 0.480 e. The monoisotopic (exact) mass is 997 g/mol. The lowest BCUT2D eigenvalue weighted by atomic mass is 9.96. The smallest absolute Gasteiger partial charge is 0.326 e. The Morgan fingerprint density at radius 1 is 0.831 bits per heavy atom. The highest BCUT2D eigenvalue weighted by Crippen LogP contribution is 2.22. The van der Waals surface area contributed by atoms with Crippen LogP contribution in [0.3, 0.4) is 0 Å². The number of rotatable bonds is 29.